The SMILES string of the molecule is COc1ccc(OCC(=O)N/N=C(\c2cccc([N+](=O)[O-])c2)c2nccn2C)cc1. The van der Waals surface area contributed by atoms with Crippen LogP contribution in [0.25, 0.3) is 0 Å². The standard InChI is InChI=1S/C20H19N5O5/c1-24-11-10-21-20(24)19(14-4-3-5-15(12-14)25(27)28)23-22-18(26)13-30-17-8-6-16(29-2)7-9-17/h3-12H,13H2,1-2H3,(H,22,26)/b23-19+. The average Bonchev–Trinajstić information content (AvgIpc) is 3.18. The summed E-state index contributed by atoms with van der Waals surface area (Å²) in [5, 5.41) is 15.3. The van der Waals surface area contributed by atoms with E-state index in [4.69, 9.17) is 9.47 Å². The Hall–Kier alpha value is -4.21. The third-order valence-corrected chi connectivity index (χ3v) is 4.09. The number of nitrogens with one attached hydrogen (secondary N) is 1. The molecule has 10 nitrogen and oxygen atoms in total. The van der Waals surface area contributed by atoms with Crippen LogP contribution in [0.3, 0.4) is 0 Å². The van der Waals surface area contributed by atoms with Crippen molar-refractivity contribution in [1.82, 2.24) is 15.0 Å². The first-order valence-electron chi connectivity index (χ1n) is 8.84. The number of hydrazone groups is 1. The quantitative estimate of drug-likeness (QED) is 0.346. The molecule has 1 heterocycles. The van der Waals surface area contributed by atoms with Gasteiger partial charge in [0, 0.05) is 37.1 Å². The number of aryl methyl sites for hydroxylation is 1. The van der Waals surface area contributed by atoms with Crippen LogP contribution in [0.4, 0.5) is 5.69 Å². The number of nitrogens with zero attached hydrogens (tertiary/aromatic N) is 4. The summed E-state index contributed by atoms with van der Waals surface area (Å²) in [6.07, 6.45) is 3.27. The molecule has 1 amide bonds. The van der Waals surface area contributed by atoms with Crippen molar-refractivity contribution in [3.8, 4) is 11.5 Å². The van der Waals surface area contributed by atoms with Gasteiger partial charge in [-0.2, -0.15) is 5.10 Å². The lowest BCUT2D eigenvalue weighted by atomic mass is 10.1. The van der Waals surface area contributed by atoms with E-state index in [0.717, 1.165) is 0 Å². The van der Waals surface area contributed by atoms with Crippen LogP contribution in [0.15, 0.2) is 66.0 Å². The maximum absolute atomic E-state index is 12.2. The summed E-state index contributed by atoms with van der Waals surface area (Å²) in [7, 11) is 3.31. The first-order valence-corrected chi connectivity index (χ1v) is 8.84. The number of carbonyl (C=O) groups is 1. The van der Waals surface area contributed by atoms with Crippen LogP contribution in [0.5, 0.6) is 11.5 Å². The molecule has 0 spiro atoms. The molecule has 0 bridgehead atoms. The predicted molar refractivity (Wildman–Crippen MR) is 109 cm³/mol. The fourth-order valence-electron chi connectivity index (χ4n) is 2.58. The van der Waals surface area contributed by atoms with Gasteiger partial charge in [0.2, 0.25) is 0 Å². The molecule has 0 saturated carbocycles. The zero-order valence-corrected chi connectivity index (χ0v) is 16.3. The minimum atomic E-state index is -0.499. The molecule has 0 aliphatic carbocycles. The van der Waals surface area contributed by atoms with Crippen molar-refractivity contribution in [3.63, 3.8) is 0 Å². The molecule has 0 aliphatic rings. The van der Waals surface area contributed by atoms with Crippen molar-refractivity contribution in [2.45, 2.75) is 0 Å². The molecule has 0 unspecified atom stereocenters. The number of carbonyl (C=O) groups excluding carboxylic acids is 1. The van der Waals surface area contributed by atoms with E-state index >= 15 is 0 Å². The Bertz CT molecular complexity index is 1080. The zero-order chi connectivity index (χ0) is 21.5. The summed E-state index contributed by atoms with van der Waals surface area (Å²) in [6.45, 7) is -0.265. The lowest BCUT2D eigenvalue weighted by molar-refractivity contribution is -0.384. The summed E-state index contributed by atoms with van der Waals surface area (Å²) >= 11 is 0. The number of rotatable bonds is 8. The second-order valence-electron chi connectivity index (χ2n) is 6.13. The zero-order valence-electron chi connectivity index (χ0n) is 16.3. The first-order chi connectivity index (χ1) is 14.5. The number of nitro groups is 1. The minimum absolute atomic E-state index is 0.0939. The van der Waals surface area contributed by atoms with Gasteiger partial charge >= 0.3 is 0 Å². The van der Waals surface area contributed by atoms with Crippen LogP contribution in [-0.2, 0) is 11.8 Å². The smallest absolute Gasteiger partial charge is 0.277 e. The van der Waals surface area contributed by atoms with Crippen LogP contribution < -0.4 is 14.9 Å². The van der Waals surface area contributed by atoms with Crippen LogP contribution in [0, 0.1) is 10.1 Å². The summed E-state index contributed by atoms with van der Waals surface area (Å²) in [5.74, 6) is 1.11. The Balaban J connectivity index is 1.76. The number of benzene rings is 2. The van der Waals surface area contributed by atoms with E-state index in [-0.39, 0.29) is 18.0 Å². The number of non-ortho nitro benzene ring substituents is 1. The second kappa shape index (κ2) is 9.32. The maximum atomic E-state index is 12.2. The van der Waals surface area contributed by atoms with E-state index in [1.165, 1.54) is 12.1 Å². The molecule has 10 heteroatoms. The topological polar surface area (TPSA) is 121 Å². The second-order valence-corrected chi connectivity index (χ2v) is 6.13. The van der Waals surface area contributed by atoms with Gasteiger partial charge in [-0.25, -0.2) is 10.4 Å². The third kappa shape index (κ3) is 4.98. The van der Waals surface area contributed by atoms with Gasteiger partial charge in [-0.05, 0) is 24.3 Å². The average molecular weight is 409 g/mol. The monoisotopic (exact) mass is 409 g/mol. The van der Waals surface area contributed by atoms with Crippen molar-refractivity contribution >= 4 is 17.3 Å². The van der Waals surface area contributed by atoms with Gasteiger partial charge in [0.15, 0.2) is 12.4 Å². The first kappa shape index (κ1) is 20.5. The summed E-state index contributed by atoms with van der Waals surface area (Å²) < 4.78 is 12.2. The molecule has 30 heavy (non-hydrogen) atoms. The Morgan fingerprint density at radius 2 is 1.97 bits per heavy atom. The Morgan fingerprint density at radius 3 is 2.60 bits per heavy atom. The Kier molecular flexibility index (Phi) is 6.38. The van der Waals surface area contributed by atoms with Crippen molar-refractivity contribution < 1.29 is 19.2 Å². The number of ether oxygens (including phenoxy) is 2. The molecule has 3 aromatic rings. The highest BCUT2D eigenvalue weighted by Gasteiger charge is 2.16. The number of nitro benzene ring substituents is 1. The van der Waals surface area contributed by atoms with E-state index in [9.17, 15) is 14.9 Å². The Labute approximate surface area is 171 Å². The number of aromatic nitrogens is 2. The molecule has 154 valence electrons. The van der Waals surface area contributed by atoms with Gasteiger partial charge in [0.1, 0.15) is 17.2 Å². The number of methoxy groups -OCH3 is 1. The lowest BCUT2D eigenvalue weighted by Crippen LogP contribution is -2.27. The molecule has 1 N–H and O–H groups in total. The molecule has 0 radical (unpaired) electrons. The van der Waals surface area contributed by atoms with E-state index in [1.807, 2.05) is 0 Å². The van der Waals surface area contributed by atoms with Gasteiger partial charge in [0.05, 0.1) is 12.0 Å². The number of imidazole rings is 1. The highest BCUT2D eigenvalue weighted by Crippen LogP contribution is 2.18. The lowest BCUT2D eigenvalue weighted by Gasteiger charge is -2.09. The highest BCUT2D eigenvalue weighted by atomic mass is 16.6. The van der Waals surface area contributed by atoms with Crippen molar-refractivity contribution in [2.24, 2.45) is 12.1 Å². The number of amides is 1. The molecule has 0 atom stereocenters. The van der Waals surface area contributed by atoms with Gasteiger partial charge < -0.3 is 14.0 Å². The van der Waals surface area contributed by atoms with E-state index < -0.39 is 10.8 Å². The van der Waals surface area contributed by atoms with E-state index in [1.54, 1.807) is 67.5 Å². The maximum Gasteiger partial charge on any atom is 0.277 e. The third-order valence-electron chi connectivity index (χ3n) is 4.09. The van der Waals surface area contributed by atoms with Crippen LogP contribution in [0.2, 0.25) is 0 Å². The molecule has 3 rings (SSSR count). The van der Waals surface area contributed by atoms with Gasteiger partial charge in [0.25, 0.3) is 11.6 Å². The molecule has 0 aliphatic heterocycles. The highest BCUT2D eigenvalue weighted by molar-refractivity contribution is 6.11. The Morgan fingerprint density at radius 1 is 1.23 bits per heavy atom. The fraction of sp³-hybridized carbons (Fsp3) is 0.150. The molecular weight excluding hydrogens is 390 g/mol. The predicted octanol–water partition coefficient (Wildman–Crippen LogP) is 2.28. The molecular formula is C20H19N5O5. The van der Waals surface area contributed by atoms with Crippen LogP contribution >= 0.6 is 0 Å². The number of hydrogen-bond donors (Lipinski definition) is 1. The summed E-state index contributed by atoms with van der Waals surface area (Å²) in [5.41, 5.74) is 3.04. The van der Waals surface area contributed by atoms with Crippen LogP contribution in [0.1, 0.15) is 11.4 Å². The molecule has 2 aromatic carbocycles. The minimum Gasteiger partial charge on any atom is -0.497 e. The molecule has 0 fully saturated rings. The molecule has 0 saturated heterocycles. The molecule has 1 aromatic heterocycles. The van der Waals surface area contributed by atoms with Gasteiger partial charge in [-0.15, -0.1) is 0 Å². The van der Waals surface area contributed by atoms with E-state index in [0.29, 0.717) is 22.9 Å². The fourth-order valence-corrected chi connectivity index (χ4v) is 2.58. The van der Waals surface area contributed by atoms with Gasteiger partial charge in [-0.1, -0.05) is 12.1 Å². The van der Waals surface area contributed by atoms with E-state index in [2.05, 4.69) is 15.5 Å². The summed E-state index contributed by atoms with van der Waals surface area (Å²) in [6, 6.07) is 12.7. The van der Waals surface area contributed by atoms with Crippen molar-refractivity contribution in [2.75, 3.05) is 13.7 Å². The van der Waals surface area contributed by atoms with Gasteiger partial charge in [-0.3, -0.25) is 14.9 Å². The largest absolute Gasteiger partial charge is 0.497 e. The summed E-state index contributed by atoms with van der Waals surface area (Å²) in [4.78, 5) is 27.0. The van der Waals surface area contributed by atoms with Crippen molar-refractivity contribution in [1.29, 1.82) is 0 Å². The van der Waals surface area contributed by atoms with Crippen molar-refractivity contribution in [3.05, 3.63) is 82.4 Å². The van der Waals surface area contributed by atoms with Crippen LogP contribution in [-0.4, -0.2) is 39.8 Å². The number of hydrogen-bond acceptors (Lipinski definition) is 7. The normalized spacial score (nSPS) is 11.1.